The van der Waals surface area contributed by atoms with Crippen LogP contribution >= 0.6 is 0 Å². The van der Waals surface area contributed by atoms with E-state index < -0.39 is 0 Å². The maximum absolute atomic E-state index is 8.90. The fourth-order valence-electron chi connectivity index (χ4n) is 1.90. The Labute approximate surface area is 117 Å². The predicted molar refractivity (Wildman–Crippen MR) is 82.0 cm³/mol. The van der Waals surface area contributed by atoms with Gasteiger partial charge in [-0.15, -0.1) is 0 Å². The molecule has 0 unspecified atom stereocenters. The lowest BCUT2D eigenvalue weighted by molar-refractivity contribution is 0.249. The highest BCUT2D eigenvalue weighted by Crippen LogP contribution is 2.16. The fourth-order valence-corrected chi connectivity index (χ4v) is 1.90. The second kappa shape index (κ2) is 7.75. The SMILES string of the molecule is C=C/C(C#N)=C(/C)NC(C)=NCC(C)(C)CN(C)C. The van der Waals surface area contributed by atoms with Crippen molar-refractivity contribution in [1.82, 2.24) is 10.2 Å². The first-order valence-electron chi connectivity index (χ1n) is 6.38. The van der Waals surface area contributed by atoms with Crippen LogP contribution in [-0.4, -0.2) is 37.9 Å². The van der Waals surface area contributed by atoms with Gasteiger partial charge in [-0.25, -0.2) is 0 Å². The number of nitriles is 1. The van der Waals surface area contributed by atoms with E-state index in [1.54, 1.807) is 6.08 Å². The number of amidine groups is 1. The molecule has 1 N–H and O–H groups in total. The van der Waals surface area contributed by atoms with E-state index in [0.717, 1.165) is 24.6 Å². The topological polar surface area (TPSA) is 51.4 Å². The van der Waals surface area contributed by atoms with Crippen LogP contribution in [0.5, 0.6) is 0 Å². The van der Waals surface area contributed by atoms with Crippen LogP contribution in [0, 0.1) is 16.7 Å². The summed E-state index contributed by atoms with van der Waals surface area (Å²) < 4.78 is 0. The molecule has 0 rings (SSSR count). The molecule has 0 aliphatic carbocycles. The molecule has 0 saturated carbocycles. The van der Waals surface area contributed by atoms with E-state index in [4.69, 9.17) is 5.26 Å². The second-order valence-corrected chi connectivity index (χ2v) is 5.78. The molecular weight excluding hydrogens is 236 g/mol. The summed E-state index contributed by atoms with van der Waals surface area (Å²) in [5.74, 6) is 0.818. The third-order valence-electron chi connectivity index (χ3n) is 2.59. The van der Waals surface area contributed by atoms with Crippen LogP contribution in [0.25, 0.3) is 0 Å². The molecule has 106 valence electrons. The highest BCUT2D eigenvalue weighted by atomic mass is 15.1. The van der Waals surface area contributed by atoms with Crippen LogP contribution in [0.15, 0.2) is 28.9 Å². The van der Waals surface area contributed by atoms with Crippen molar-refractivity contribution < 1.29 is 0 Å². The number of allylic oxidation sites excluding steroid dienone is 3. The Morgan fingerprint density at radius 2 is 2.00 bits per heavy atom. The molecule has 0 aromatic carbocycles. The van der Waals surface area contributed by atoms with E-state index >= 15 is 0 Å². The largest absolute Gasteiger partial charge is 0.347 e. The average Bonchev–Trinajstić information content (AvgIpc) is 2.26. The molecule has 0 amide bonds. The molecule has 4 nitrogen and oxygen atoms in total. The van der Waals surface area contributed by atoms with Crippen molar-refractivity contribution in [2.24, 2.45) is 10.4 Å². The summed E-state index contributed by atoms with van der Waals surface area (Å²) in [5.41, 5.74) is 1.45. The van der Waals surface area contributed by atoms with Gasteiger partial charge < -0.3 is 10.2 Å². The fraction of sp³-hybridized carbons (Fsp3) is 0.600. The number of hydrogen-bond acceptors (Lipinski definition) is 3. The van der Waals surface area contributed by atoms with Gasteiger partial charge >= 0.3 is 0 Å². The van der Waals surface area contributed by atoms with Gasteiger partial charge in [0.1, 0.15) is 6.07 Å². The van der Waals surface area contributed by atoms with Gasteiger partial charge in [0.15, 0.2) is 0 Å². The molecule has 19 heavy (non-hydrogen) atoms. The number of aliphatic imine (C=N–C) groups is 1. The molecule has 0 fully saturated rings. The Bertz CT molecular complexity index is 408. The lowest BCUT2D eigenvalue weighted by atomic mass is 9.93. The van der Waals surface area contributed by atoms with Crippen LogP contribution in [0.1, 0.15) is 27.7 Å². The predicted octanol–water partition coefficient (Wildman–Crippen LogP) is 2.57. The molecule has 0 aliphatic rings. The minimum absolute atomic E-state index is 0.126. The van der Waals surface area contributed by atoms with Gasteiger partial charge in [-0.3, -0.25) is 4.99 Å². The smallest absolute Gasteiger partial charge is 0.101 e. The Balaban J connectivity index is 4.65. The van der Waals surface area contributed by atoms with Crippen molar-refractivity contribution in [2.75, 3.05) is 27.2 Å². The van der Waals surface area contributed by atoms with Gasteiger partial charge in [0.2, 0.25) is 0 Å². The lowest BCUT2D eigenvalue weighted by Gasteiger charge is -2.26. The highest BCUT2D eigenvalue weighted by molar-refractivity contribution is 5.81. The van der Waals surface area contributed by atoms with Crippen LogP contribution < -0.4 is 5.32 Å². The number of nitrogens with one attached hydrogen (secondary N) is 1. The van der Waals surface area contributed by atoms with Crippen molar-refractivity contribution in [3.8, 4) is 6.07 Å². The monoisotopic (exact) mass is 262 g/mol. The normalized spacial score (nSPS) is 13.9. The van der Waals surface area contributed by atoms with Crippen LogP contribution in [0.4, 0.5) is 0 Å². The summed E-state index contributed by atoms with van der Waals surface area (Å²) in [6.07, 6.45) is 1.55. The Morgan fingerprint density at radius 3 is 2.42 bits per heavy atom. The van der Waals surface area contributed by atoms with E-state index in [2.05, 4.69) is 55.8 Å². The van der Waals surface area contributed by atoms with Gasteiger partial charge in [0, 0.05) is 18.8 Å². The second-order valence-electron chi connectivity index (χ2n) is 5.78. The third kappa shape index (κ3) is 7.43. The third-order valence-corrected chi connectivity index (χ3v) is 2.59. The molecule has 0 aromatic rings. The molecule has 0 saturated heterocycles. The molecule has 0 heterocycles. The molecule has 0 aromatic heterocycles. The van der Waals surface area contributed by atoms with Gasteiger partial charge in [-0.05, 0) is 39.4 Å². The van der Waals surface area contributed by atoms with Crippen molar-refractivity contribution >= 4 is 5.84 Å². The molecular formula is C15H26N4. The highest BCUT2D eigenvalue weighted by Gasteiger charge is 2.18. The van der Waals surface area contributed by atoms with Crippen molar-refractivity contribution in [3.05, 3.63) is 23.9 Å². The molecule has 0 radical (unpaired) electrons. The van der Waals surface area contributed by atoms with Crippen molar-refractivity contribution in [3.63, 3.8) is 0 Å². The van der Waals surface area contributed by atoms with E-state index in [9.17, 15) is 0 Å². The molecule has 0 aliphatic heterocycles. The molecule has 4 heteroatoms. The van der Waals surface area contributed by atoms with E-state index in [-0.39, 0.29) is 5.41 Å². The summed E-state index contributed by atoms with van der Waals surface area (Å²) in [5, 5.41) is 12.0. The average molecular weight is 262 g/mol. The quantitative estimate of drug-likeness (QED) is 0.346. The zero-order valence-corrected chi connectivity index (χ0v) is 13.0. The first kappa shape index (κ1) is 17.4. The van der Waals surface area contributed by atoms with Crippen LogP contribution in [0.2, 0.25) is 0 Å². The van der Waals surface area contributed by atoms with Crippen molar-refractivity contribution in [1.29, 1.82) is 5.26 Å². The number of hydrogen-bond donors (Lipinski definition) is 1. The van der Waals surface area contributed by atoms with E-state index in [1.807, 2.05) is 13.8 Å². The van der Waals surface area contributed by atoms with E-state index in [1.165, 1.54) is 0 Å². The Kier molecular flexibility index (Phi) is 7.10. The Morgan fingerprint density at radius 1 is 1.42 bits per heavy atom. The summed E-state index contributed by atoms with van der Waals surface area (Å²) in [6.45, 7) is 13.5. The van der Waals surface area contributed by atoms with Gasteiger partial charge in [-0.1, -0.05) is 20.4 Å². The molecule has 0 bridgehead atoms. The zero-order chi connectivity index (χ0) is 15.1. The van der Waals surface area contributed by atoms with Gasteiger partial charge in [-0.2, -0.15) is 5.26 Å². The van der Waals surface area contributed by atoms with Crippen LogP contribution in [-0.2, 0) is 0 Å². The first-order chi connectivity index (χ1) is 8.71. The standard InChI is InChI=1S/C15H26N4/c1-8-14(9-16)12(2)18-13(3)17-10-15(4,5)11-19(6)7/h8H,1,10-11H2,2-7H3,(H,17,18)/b14-12+. The number of rotatable bonds is 6. The van der Waals surface area contributed by atoms with E-state index in [0.29, 0.717) is 5.57 Å². The van der Waals surface area contributed by atoms with Gasteiger partial charge in [0.05, 0.1) is 11.4 Å². The van der Waals surface area contributed by atoms with Gasteiger partial charge in [0.25, 0.3) is 0 Å². The molecule has 0 spiro atoms. The molecule has 0 atom stereocenters. The number of nitrogens with zero attached hydrogens (tertiary/aromatic N) is 3. The minimum Gasteiger partial charge on any atom is -0.347 e. The van der Waals surface area contributed by atoms with Crippen molar-refractivity contribution in [2.45, 2.75) is 27.7 Å². The lowest BCUT2D eigenvalue weighted by Crippen LogP contribution is -2.32. The zero-order valence-electron chi connectivity index (χ0n) is 13.0. The summed E-state index contributed by atoms with van der Waals surface area (Å²) in [4.78, 5) is 6.70. The summed E-state index contributed by atoms with van der Waals surface area (Å²) in [6, 6.07) is 2.09. The maximum Gasteiger partial charge on any atom is 0.101 e. The summed E-state index contributed by atoms with van der Waals surface area (Å²) in [7, 11) is 4.12. The Hall–Kier alpha value is -1.60. The summed E-state index contributed by atoms with van der Waals surface area (Å²) >= 11 is 0. The maximum atomic E-state index is 8.90. The van der Waals surface area contributed by atoms with Crippen LogP contribution in [0.3, 0.4) is 0 Å². The first-order valence-corrected chi connectivity index (χ1v) is 6.38. The minimum atomic E-state index is 0.126.